The number of aliphatic carboxylic acids is 1. The van der Waals surface area contributed by atoms with Crippen LogP contribution in [0.15, 0.2) is 66.7 Å². The van der Waals surface area contributed by atoms with E-state index >= 15 is 0 Å². The predicted octanol–water partition coefficient (Wildman–Crippen LogP) is 5.85. The fraction of sp³-hybridized carbons (Fsp3) is 0.0909. The predicted molar refractivity (Wildman–Crippen MR) is 108 cm³/mol. The van der Waals surface area contributed by atoms with Gasteiger partial charge in [0.05, 0.1) is 10.2 Å². The Balaban J connectivity index is 1.77. The van der Waals surface area contributed by atoms with Crippen LogP contribution < -0.4 is 0 Å². The number of thiazole rings is 1. The molecule has 3 nitrogen and oxygen atoms in total. The molecule has 1 heterocycles. The second-order valence-corrected chi connectivity index (χ2v) is 7.19. The number of aromatic nitrogens is 1. The summed E-state index contributed by atoms with van der Waals surface area (Å²) in [4.78, 5) is 15.8. The maximum absolute atomic E-state index is 11.1. The van der Waals surface area contributed by atoms with Gasteiger partial charge in [0.1, 0.15) is 5.01 Å². The zero-order chi connectivity index (χ0) is 17.9. The highest BCUT2D eigenvalue weighted by molar-refractivity contribution is 7.19. The highest BCUT2D eigenvalue weighted by Crippen LogP contribution is 2.31. The summed E-state index contributed by atoms with van der Waals surface area (Å²) in [6, 6.07) is 22.5. The summed E-state index contributed by atoms with van der Waals surface area (Å²) < 4.78 is 1.11. The van der Waals surface area contributed by atoms with Gasteiger partial charge in [0.15, 0.2) is 0 Å². The molecule has 0 aliphatic heterocycles. The maximum Gasteiger partial charge on any atom is 0.303 e. The number of hydrogen-bond donors (Lipinski definition) is 1. The van der Waals surface area contributed by atoms with E-state index in [2.05, 4.69) is 36.4 Å². The standard InChI is InChI=1S/C22H17NO2S/c24-21(25)12-11-18(22-23-19-7-3-4-8-20(19)26-22)14-15-9-10-16-5-1-2-6-17(16)13-15/h1-10,13-14H,11-12H2,(H,24,25). The number of fused-ring (bicyclic) bond motifs is 2. The van der Waals surface area contributed by atoms with Crippen LogP contribution in [-0.2, 0) is 4.79 Å². The van der Waals surface area contributed by atoms with Crippen LogP contribution in [0.3, 0.4) is 0 Å². The topological polar surface area (TPSA) is 50.2 Å². The van der Waals surface area contributed by atoms with Gasteiger partial charge in [-0.05, 0) is 52.6 Å². The van der Waals surface area contributed by atoms with E-state index in [0.29, 0.717) is 6.42 Å². The summed E-state index contributed by atoms with van der Waals surface area (Å²) in [6.07, 6.45) is 2.62. The normalized spacial score (nSPS) is 11.9. The second kappa shape index (κ2) is 7.10. The van der Waals surface area contributed by atoms with Gasteiger partial charge < -0.3 is 5.11 Å². The van der Waals surface area contributed by atoms with Gasteiger partial charge in [-0.1, -0.05) is 48.5 Å². The lowest BCUT2D eigenvalue weighted by Gasteiger charge is -2.05. The molecule has 1 N–H and O–H groups in total. The second-order valence-electron chi connectivity index (χ2n) is 6.16. The first-order valence-corrected chi connectivity index (χ1v) is 9.28. The Labute approximate surface area is 155 Å². The van der Waals surface area contributed by atoms with Gasteiger partial charge in [-0.15, -0.1) is 11.3 Å². The van der Waals surface area contributed by atoms with Crippen molar-refractivity contribution in [2.45, 2.75) is 12.8 Å². The van der Waals surface area contributed by atoms with E-state index < -0.39 is 5.97 Å². The van der Waals surface area contributed by atoms with Crippen molar-refractivity contribution in [1.82, 2.24) is 4.98 Å². The molecule has 26 heavy (non-hydrogen) atoms. The molecule has 0 aliphatic rings. The van der Waals surface area contributed by atoms with Crippen molar-refractivity contribution in [2.75, 3.05) is 0 Å². The zero-order valence-electron chi connectivity index (χ0n) is 14.1. The van der Waals surface area contributed by atoms with Gasteiger partial charge in [-0.3, -0.25) is 4.79 Å². The molecule has 0 radical (unpaired) electrons. The van der Waals surface area contributed by atoms with Crippen LogP contribution in [0.4, 0.5) is 0 Å². The van der Waals surface area contributed by atoms with Crippen LogP contribution in [0.1, 0.15) is 23.4 Å². The first kappa shape index (κ1) is 16.5. The number of nitrogens with zero attached hydrogens (tertiary/aromatic N) is 1. The number of benzene rings is 3. The monoisotopic (exact) mass is 359 g/mol. The van der Waals surface area contributed by atoms with Gasteiger partial charge in [-0.25, -0.2) is 4.98 Å². The van der Waals surface area contributed by atoms with E-state index in [1.165, 1.54) is 10.8 Å². The third-order valence-corrected chi connectivity index (χ3v) is 5.40. The number of carbonyl (C=O) groups is 1. The zero-order valence-corrected chi connectivity index (χ0v) is 14.9. The third kappa shape index (κ3) is 3.51. The molecular formula is C22H17NO2S. The molecule has 0 aliphatic carbocycles. The highest BCUT2D eigenvalue weighted by atomic mass is 32.1. The van der Waals surface area contributed by atoms with E-state index in [1.807, 2.05) is 36.4 Å². The van der Waals surface area contributed by atoms with Gasteiger partial charge in [0, 0.05) is 6.42 Å². The molecule has 0 bridgehead atoms. The van der Waals surface area contributed by atoms with Crippen molar-refractivity contribution in [2.24, 2.45) is 0 Å². The van der Waals surface area contributed by atoms with Crippen LogP contribution in [0.2, 0.25) is 0 Å². The minimum Gasteiger partial charge on any atom is -0.481 e. The number of rotatable bonds is 5. The van der Waals surface area contributed by atoms with Gasteiger partial charge >= 0.3 is 5.97 Å². The number of carboxylic acid groups (broad SMARTS) is 1. The van der Waals surface area contributed by atoms with E-state index in [0.717, 1.165) is 26.4 Å². The lowest BCUT2D eigenvalue weighted by Crippen LogP contribution is -1.95. The fourth-order valence-corrected chi connectivity index (χ4v) is 4.00. The molecule has 0 saturated heterocycles. The third-order valence-electron chi connectivity index (χ3n) is 4.29. The smallest absolute Gasteiger partial charge is 0.303 e. The molecule has 3 aromatic carbocycles. The summed E-state index contributed by atoms with van der Waals surface area (Å²) in [5.74, 6) is -0.796. The molecule has 0 saturated carbocycles. The molecule has 0 spiro atoms. The number of carboxylic acids is 1. The Bertz CT molecular complexity index is 1090. The highest BCUT2D eigenvalue weighted by Gasteiger charge is 2.11. The average Bonchev–Trinajstić information content (AvgIpc) is 3.09. The van der Waals surface area contributed by atoms with Crippen molar-refractivity contribution in [3.8, 4) is 0 Å². The largest absolute Gasteiger partial charge is 0.481 e. The minimum absolute atomic E-state index is 0.0926. The van der Waals surface area contributed by atoms with Crippen LogP contribution in [0.25, 0.3) is 32.6 Å². The van der Waals surface area contributed by atoms with Crippen molar-refractivity contribution in [3.63, 3.8) is 0 Å². The fourth-order valence-electron chi connectivity index (χ4n) is 2.99. The van der Waals surface area contributed by atoms with Gasteiger partial charge in [-0.2, -0.15) is 0 Å². The summed E-state index contributed by atoms with van der Waals surface area (Å²) in [5, 5.41) is 12.4. The Morgan fingerprint density at radius 2 is 1.73 bits per heavy atom. The summed E-state index contributed by atoms with van der Waals surface area (Å²) in [6.45, 7) is 0. The summed E-state index contributed by atoms with van der Waals surface area (Å²) >= 11 is 1.61. The van der Waals surface area contributed by atoms with E-state index in [4.69, 9.17) is 10.1 Å². The van der Waals surface area contributed by atoms with Crippen molar-refractivity contribution < 1.29 is 9.90 Å². The van der Waals surface area contributed by atoms with Gasteiger partial charge in [0.2, 0.25) is 0 Å². The first-order valence-electron chi connectivity index (χ1n) is 8.46. The Hall–Kier alpha value is -2.98. The number of para-hydroxylation sites is 1. The number of allylic oxidation sites excluding steroid dienone is 1. The molecular weight excluding hydrogens is 342 g/mol. The molecule has 4 aromatic rings. The van der Waals surface area contributed by atoms with Crippen LogP contribution in [0.5, 0.6) is 0 Å². The van der Waals surface area contributed by atoms with Crippen molar-refractivity contribution >= 4 is 49.9 Å². The molecule has 0 amide bonds. The first-order chi connectivity index (χ1) is 12.7. The molecule has 128 valence electrons. The summed E-state index contributed by atoms with van der Waals surface area (Å²) in [7, 11) is 0. The van der Waals surface area contributed by atoms with Crippen LogP contribution >= 0.6 is 11.3 Å². The lowest BCUT2D eigenvalue weighted by atomic mass is 10.0. The Morgan fingerprint density at radius 1 is 0.962 bits per heavy atom. The number of hydrogen-bond acceptors (Lipinski definition) is 3. The van der Waals surface area contributed by atoms with Crippen LogP contribution in [0, 0.1) is 0 Å². The minimum atomic E-state index is -0.796. The van der Waals surface area contributed by atoms with E-state index in [-0.39, 0.29) is 6.42 Å². The molecule has 0 unspecified atom stereocenters. The molecule has 1 aromatic heterocycles. The molecule has 0 fully saturated rings. The molecule has 4 heteroatoms. The SMILES string of the molecule is O=C(O)CCC(=Cc1ccc2ccccc2c1)c1nc2ccccc2s1. The Morgan fingerprint density at radius 3 is 2.54 bits per heavy atom. The summed E-state index contributed by atoms with van der Waals surface area (Å²) in [5.41, 5.74) is 2.97. The maximum atomic E-state index is 11.1. The van der Waals surface area contributed by atoms with Crippen molar-refractivity contribution in [1.29, 1.82) is 0 Å². The van der Waals surface area contributed by atoms with E-state index in [9.17, 15) is 4.79 Å². The quantitative estimate of drug-likeness (QED) is 0.486. The van der Waals surface area contributed by atoms with E-state index in [1.54, 1.807) is 11.3 Å². The lowest BCUT2D eigenvalue weighted by molar-refractivity contribution is -0.136. The molecule has 0 atom stereocenters. The van der Waals surface area contributed by atoms with Gasteiger partial charge in [0.25, 0.3) is 0 Å². The van der Waals surface area contributed by atoms with Crippen LogP contribution in [-0.4, -0.2) is 16.1 Å². The molecule has 4 rings (SSSR count). The Kier molecular flexibility index (Phi) is 4.50. The average molecular weight is 359 g/mol. The van der Waals surface area contributed by atoms with Crippen molar-refractivity contribution in [3.05, 3.63) is 77.3 Å².